The lowest BCUT2D eigenvalue weighted by molar-refractivity contribution is -0.141. The van der Waals surface area contributed by atoms with E-state index in [0.717, 1.165) is 37.0 Å². The number of rotatable bonds is 8. The first-order valence-corrected chi connectivity index (χ1v) is 11.6. The molecule has 0 saturated heterocycles. The smallest absolute Gasteiger partial charge is 0.307 e. The van der Waals surface area contributed by atoms with Crippen molar-refractivity contribution in [3.63, 3.8) is 0 Å². The summed E-state index contributed by atoms with van der Waals surface area (Å²) in [5, 5.41) is 6.07. The highest BCUT2D eigenvalue weighted by atomic mass is 35.5. The molecule has 0 aliphatic heterocycles. The number of carbonyl (C=O) groups is 3. The molecule has 0 heterocycles. The van der Waals surface area contributed by atoms with Gasteiger partial charge in [-0.25, -0.2) is 0 Å². The Labute approximate surface area is 188 Å². The van der Waals surface area contributed by atoms with E-state index in [2.05, 4.69) is 10.6 Å². The molecule has 5 rings (SSSR count). The minimum absolute atomic E-state index is 0.0345. The second kappa shape index (κ2) is 9.19. The highest BCUT2D eigenvalue weighted by molar-refractivity contribution is 6.31. The highest BCUT2D eigenvalue weighted by Gasteiger charge is 2.51. The van der Waals surface area contributed by atoms with Crippen molar-refractivity contribution in [2.24, 2.45) is 23.2 Å². The molecule has 0 radical (unpaired) electrons. The Hall–Kier alpha value is -2.08. The van der Waals surface area contributed by atoms with Crippen LogP contribution in [0, 0.1) is 23.2 Å². The van der Waals surface area contributed by atoms with Crippen LogP contribution in [0.1, 0.15) is 63.0 Å². The lowest BCUT2D eigenvalue weighted by atomic mass is 9.49. The first-order chi connectivity index (χ1) is 14.9. The van der Waals surface area contributed by atoms with Gasteiger partial charge in [-0.05, 0) is 73.3 Å². The molecule has 2 amide bonds. The zero-order valence-corrected chi connectivity index (χ0v) is 18.7. The fourth-order valence-electron chi connectivity index (χ4n) is 6.58. The van der Waals surface area contributed by atoms with Gasteiger partial charge in [-0.3, -0.25) is 14.4 Å². The number of benzene rings is 1. The monoisotopic (exact) mass is 446 g/mol. The van der Waals surface area contributed by atoms with Crippen LogP contribution in [0.5, 0.6) is 0 Å². The van der Waals surface area contributed by atoms with Gasteiger partial charge in [-0.15, -0.1) is 0 Å². The van der Waals surface area contributed by atoms with E-state index in [0.29, 0.717) is 17.0 Å². The van der Waals surface area contributed by atoms with E-state index < -0.39 is 12.0 Å². The Morgan fingerprint density at radius 3 is 2.26 bits per heavy atom. The summed E-state index contributed by atoms with van der Waals surface area (Å²) in [6.45, 7) is -0.118. The fraction of sp³-hybridized carbons (Fsp3) is 0.625. The third-order valence-corrected chi connectivity index (χ3v) is 7.71. The summed E-state index contributed by atoms with van der Waals surface area (Å²) in [6, 6.07) is 6.44. The Morgan fingerprint density at radius 2 is 1.68 bits per heavy atom. The van der Waals surface area contributed by atoms with Gasteiger partial charge in [0.05, 0.1) is 26.1 Å². The molecule has 0 spiro atoms. The SMILES string of the molecule is COC(=O)CC(NC(=O)CNC(=O)CC12CC3CC(CC(C3)C1)C2)c1ccccc1Cl. The maximum absolute atomic E-state index is 12.7. The van der Waals surface area contributed by atoms with Gasteiger partial charge < -0.3 is 15.4 Å². The number of ether oxygens (including phenoxy) is 1. The summed E-state index contributed by atoms with van der Waals surface area (Å²) in [7, 11) is 1.30. The maximum Gasteiger partial charge on any atom is 0.307 e. The third-order valence-electron chi connectivity index (χ3n) is 7.36. The molecule has 31 heavy (non-hydrogen) atoms. The van der Waals surface area contributed by atoms with E-state index in [4.69, 9.17) is 16.3 Å². The van der Waals surface area contributed by atoms with Crippen molar-refractivity contribution < 1.29 is 19.1 Å². The van der Waals surface area contributed by atoms with Crippen LogP contribution < -0.4 is 10.6 Å². The van der Waals surface area contributed by atoms with Gasteiger partial charge in [0.15, 0.2) is 0 Å². The standard InChI is InChI=1S/C24H31ClN2O4/c1-31-23(30)9-20(18-4-2-3-5-19(18)25)27-22(29)14-26-21(28)13-24-10-15-6-16(11-24)8-17(7-15)12-24/h2-5,15-17,20H,6-14H2,1H3,(H,26,28)(H,27,29). The van der Waals surface area contributed by atoms with Gasteiger partial charge in [0.1, 0.15) is 0 Å². The minimum atomic E-state index is -0.617. The van der Waals surface area contributed by atoms with E-state index in [1.165, 1.54) is 26.4 Å². The highest BCUT2D eigenvalue weighted by Crippen LogP contribution is 2.61. The van der Waals surface area contributed by atoms with Crippen LogP contribution in [0.3, 0.4) is 0 Å². The molecule has 1 aromatic rings. The average Bonchev–Trinajstić information content (AvgIpc) is 2.70. The zero-order chi connectivity index (χ0) is 22.0. The lowest BCUT2D eigenvalue weighted by Crippen LogP contribution is -2.48. The van der Waals surface area contributed by atoms with Gasteiger partial charge in [-0.2, -0.15) is 0 Å². The molecule has 6 nitrogen and oxygen atoms in total. The Balaban J connectivity index is 1.31. The van der Waals surface area contributed by atoms with Crippen molar-refractivity contribution in [3.8, 4) is 0 Å². The van der Waals surface area contributed by atoms with Crippen molar-refractivity contribution in [3.05, 3.63) is 34.9 Å². The predicted octanol–water partition coefficient (Wildman–Crippen LogP) is 3.78. The van der Waals surface area contributed by atoms with Crippen LogP contribution in [0.25, 0.3) is 0 Å². The summed E-state index contributed by atoms with van der Waals surface area (Å²) in [5.41, 5.74) is 0.781. The predicted molar refractivity (Wildman–Crippen MR) is 117 cm³/mol. The van der Waals surface area contributed by atoms with Crippen LogP contribution in [0.2, 0.25) is 5.02 Å². The third kappa shape index (κ3) is 5.22. The number of nitrogens with one attached hydrogen (secondary N) is 2. The minimum Gasteiger partial charge on any atom is -0.469 e. The molecule has 4 bridgehead atoms. The van der Waals surface area contributed by atoms with E-state index >= 15 is 0 Å². The molecule has 4 aliphatic carbocycles. The summed E-state index contributed by atoms with van der Waals surface area (Å²) >= 11 is 6.26. The summed E-state index contributed by atoms with van der Waals surface area (Å²) < 4.78 is 4.75. The molecule has 1 atom stereocenters. The van der Waals surface area contributed by atoms with Crippen LogP contribution in [0.15, 0.2) is 24.3 Å². The van der Waals surface area contributed by atoms with Crippen molar-refractivity contribution in [1.29, 1.82) is 0 Å². The van der Waals surface area contributed by atoms with E-state index in [-0.39, 0.29) is 30.2 Å². The van der Waals surface area contributed by atoms with Crippen molar-refractivity contribution in [2.75, 3.05) is 13.7 Å². The van der Waals surface area contributed by atoms with Crippen molar-refractivity contribution >= 4 is 29.4 Å². The van der Waals surface area contributed by atoms with Crippen molar-refractivity contribution in [1.82, 2.24) is 10.6 Å². The first kappa shape index (κ1) is 22.1. The van der Waals surface area contributed by atoms with Gasteiger partial charge >= 0.3 is 5.97 Å². The lowest BCUT2D eigenvalue weighted by Gasteiger charge is -2.56. The van der Waals surface area contributed by atoms with Crippen molar-refractivity contribution in [2.45, 2.75) is 57.4 Å². The number of methoxy groups -OCH3 is 1. The fourth-order valence-corrected chi connectivity index (χ4v) is 6.85. The zero-order valence-electron chi connectivity index (χ0n) is 18.0. The summed E-state index contributed by atoms with van der Waals surface area (Å²) in [6.07, 6.45) is 7.98. The molecule has 1 aromatic carbocycles. The Morgan fingerprint density at radius 1 is 1.06 bits per heavy atom. The van der Waals surface area contributed by atoms with Crippen LogP contribution in [-0.2, 0) is 19.1 Å². The maximum atomic E-state index is 12.7. The number of carbonyl (C=O) groups excluding carboxylic acids is 3. The van der Waals surface area contributed by atoms with E-state index in [9.17, 15) is 14.4 Å². The molecule has 4 saturated carbocycles. The topological polar surface area (TPSA) is 84.5 Å². The molecule has 0 aromatic heterocycles. The summed E-state index contributed by atoms with van der Waals surface area (Å²) in [4.78, 5) is 37.1. The van der Waals surface area contributed by atoms with Crippen LogP contribution in [-0.4, -0.2) is 31.4 Å². The Kier molecular flexibility index (Phi) is 6.56. The first-order valence-electron chi connectivity index (χ1n) is 11.2. The second-order valence-electron chi connectivity index (χ2n) is 9.79. The number of halogens is 1. The molecule has 168 valence electrons. The van der Waals surface area contributed by atoms with Gasteiger partial charge in [0, 0.05) is 11.4 Å². The van der Waals surface area contributed by atoms with Gasteiger partial charge in [0.2, 0.25) is 11.8 Å². The normalized spacial score (nSPS) is 29.3. The molecular formula is C24H31ClN2O4. The Bertz CT molecular complexity index is 820. The number of hydrogen-bond donors (Lipinski definition) is 2. The van der Waals surface area contributed by atoms with E-state index in [1.807, 2.05) is 0 Å². The van der Waals surface area contributed by atoms with Gasteiger partial charge in [0.25, 0.3) is 0 Å². The molecule has 4 aliphatic rings. The van der Waals surface area contributed by atoms with E-state index in [1.54, 1.807) is 24.3 Å². The molecular weight excluding hydrogens is 416 g/mol. The summed E-state index contributed by atoms with van der Waals surface area (Å²) in [5.74, 6) is 1.51. The number of esters is 1. The quantitative estimate of drug-likeness (QED) is 0.595. The molecule has 1 unspecified atom stereocenters. The number of hydrogen-bond acceptors (Lipinski definition) is 4. The largest absolute Gasteiger partial charge is 0.469 e. The average molecular weight is 447 g/mol. The second-order valence-corrected chi connectivity index (χ2v) is 10.2. The van der Waals surface area contributed by atoms with Crippen LogP contribution >= 0.6 is 11.6 Å². The van der Waals surface area contributed by atoms with Crippen LogP contribution in [0.4, 0.5) is 0 Å². The molecule has 7 heteroatoms. The molecule has 2 N–H and O–H groups in total. The molecule has 4 fully saturated rings. The number of amides is 2. The van der Waals surface area contributed by atoms with Gasteiger partial charge in [-0.1, -0.05) is 29.8 Å².